The predicted molar refractivity (Wildman–Crippen MR) is 157 cm³/mol. The van der Waals surface area contributed by atoms with E-state index in [4.69, 9.17) is 29.1 Å². The first-order valence-electron chi connectivity index (χ1n) is 13.4. The van der Waals surface area contributed by atoms with E-state index in [-0.39, 0.29) is 40.9 Å². The van der Waals surface area contributed by atoms with Gasteiger partial charge in [-0.25, -0.2) is 14.0 Å². The van der Waals surface area contributed by atoms with E-state index in [1.807, 2.05) is 0 Å². The van der Waals surface area contributed by atoms with E-state index in [2.05, 4.69) is 6.07 Å². The highest BCUT2D eigenvalue weighted by atomic mass is 19.1. The molecule has 0 bridgehead atoms. The Bertz CT molecular complexity index is 2060. The largest absolute Gasteiger partial charge is 0.493 e. The molecular formula is C34H23FN2O7. The highest BCUT2D eigenvalue weighted by molar-refractivity contribution is 5.94. The number of carbonyl (C=O) groups is 1. The van der Waals surface area contributed by atoms with Crippen molar-refractivity contribution in [2.45, 2.75) is 12.5 Å². The molecule has 5 aromatic rings. The van der Waals surface area contributed by atoms with Crippen molar-refractivity contribution in [3.63, 3.8) is 0 Å². The lowest BCUT2D eigenvalue weighted by molar-refractivity contribution is 0.0730. The molecule has 1 atom stereocenters. The number of methoxy groups -OCH3 is 1. The number of ether oxygens (including phenoxy) is 4. The third-order valence-electron chi connectivity index (χ3n) is 7.12. The van der Waals surface area contributed by atoms with Gasteiger partial charge in [-0.1, -0.05) is 48.5 Å². The molecule has 0 radical (unpaired) electrons. The minimum absolute atomic E-state index is 0.0125. The second-order valence-electron chi connectivity index (χ2n) is 9.79. The fourth-order valence-corrected chi connectivity index (χ4v) is 4.96. The monoisotopic (exact) mass is 590 g/mol. The topological polar surface area (TPSA) is 134 Å². The maximum Gasteiger partial charge on any atom is 0.351 e. The average Bonchev–Trinajstić information content (AvgIpc) is 3.03. The van der Waals surface area contributed by atoms with Crippen LogP contribution in [0.4, 0.5) is 4.39 Å². The summed E-state index contributed by atoms with van der Waals surface area (Å²) in [6.45, 7) is -0.0125. The first-order valence-corrected chi connectivity index (χ1v) is 13.4. The summed E-state index contributed by atoms with van der Waals surface area (Å²) in [7, 11) is 1.47. The number of allylic oxidation sites excluding steroid dienone is 1. The fraction of sp³-hybridized carbons (Fsp3) is 0.0882. The van der Waals surface area contributed by atoms with E-state index in [1.54, 1.807) is 66.7 Å². The molecule has 1 aliphatic rings. The third kappa shape index (κ3) is 5.30. The molecule has 0 amide bonds. The molecule has 0 saturated heterocycles. The second-order valence-corrected chi connectivity index (χ2v) is 9.79. The molecule has 1 unspecified atom stereocenters. The number of esters is 1. The highest BCUT2D eigenvalue weighted by Gasteiger charge is 2.32. The van der Waals surface area contributed by atoms with Crippen molar-refractivity contribution >= 4 is 16.9 Å². The van der Waals surface area contributed by atoms with Crippen LogP contribution in [0.3, 0.4) is 0 Å². The molecule has 4 aromatic carbocycles. The first-order chi connectivity index (χ1) is 21.4. The Morgan fingerprint density at radius 3 is 2.59 bits per heavy atom. The van der Waals surface area contributed by atoms with Crippen LogP contribution >= 0.6 is 0 Å². The van der Waals surface area contributed by atoms with Crippen LogP contribution in [0.15, 0.2) is 112 Å². The standard InChI is InChI=1S/C34H23FN2O7/c1-40-30-15-20(10-13-28(30)41-18-21-7-2-4-8-26(21)35)31-23-12-11-22(16-29(23)43-32(37)25(31)17-36)42-33(38)24-14-19-6-3-5-9-27(19)44-34(24)39/h2-16,31H,18,37H2,1H3. The van der Waals surface area contributed by atoms with Crippen LogP contribution in [0, 0.1) is 17.1 Å². The lowest BCUT2D eigenvalue weighted by atomic mass is 9.83. The van der Waals surface area contributed by atoms with Crippen LogP contribution in [0.1, 0.15) is 33.0 Å². The van der Waals surface area contributed by atoms with Crippen LogP contribution < -0.4 is 30.3 Å². The second kappa shape index (κ2) is 11.7. The molecule has 1 aromatic heterocycles. The minimum atomic E-state index is -0.909. The van der Waals surface area contributed by atoms with Crippen molar-refractivity contribution < 1.29 is 32.5 Å². The number of hydrogen-bond donors (Lipinski definition) is 1. The molecular weight excluding hydrogens is 567 g/mol. The van der Waals surface area contributed by atoms with Crippen LogP contribution in [0.5, 0.6) is 23.0 Å². The summed E-state index contributed by atoms with van der Waals surface area (Å²) in [4.78, 5) is 25.3. The molecule has 0 fully saturated rings. The van der Waals surface area contributed by atoms with E-state index in [0.717, 1.165) is 0 Å². The van der Waals surface area contributed by atoms with Gasteiger partial charge < -0.3 is 29.1 Å². The Morgan fingerprint density at radius 1 is 1.00 bits per heavy atom. The van der Waals surface area contributed by atoms with Gasteiger partial charge in [0, 0.05) is 22.6 Å². The molecule has 0 spiro atoms. The zero-order chi connectivity index (χ0) is 30.8. The maximum absolute atomic E-state index is 14.1. The van der Waals surface area contributed by atoms with Gasteiger partial charge in [-0.05, 0) is 42.0 Å². The summed E-state index contributed by atoms with van der Waals surface area (Å²) in [5.41, 5.74) is 7.17. The van der Waals surface area contributed by atoms with Crippen molar-refractivity contribution in [3.8, 4) is 29.1 Å². The molecule has 10 heteroatoms. The zero-order valence-corrected chi connectivity index (χ0v) is 23.2. The molecule has 0 aliphatic carbocycles. The number of nitrogens with zero attached hydrogens (tertiary/aromatic N) is 1. The van der Waals surface area contributed by atoms with Gasteiger partial charge in [0.15, 0.2) is 11.5 Å². The summed E-state index contributed by atoms with van der Waals surface area (Å²) in [6, 6.07) is 26.4. The van der Waals surface area contributed by atoms with Crippen molar-refractivity contribution in [2.75, 3.05) is 7.11 Å². The Hall–Kier alpha value is -6.08. The minimum Gasteiger partial charge on any atom is -0.493 e. The van der Waals surface area contributed by atoms with E-state index in [1.165, 1.54) is 31.4 Å². The molecule has 44 heavy (non-hydrogen) atoms. The van der Waals surface area contributed by atoms with E-state index < -0.39 is 17.5 Å². The summed E-state index contributed by atoms with van der Waals surface area (Å²) >= 11 is 0. The summed E-state index contributed by atoms with van der Waals surface area (Å²) in [5, 5.41) is 10.5. The van der Waals surface area contributed by atoms with Crippen molar-refractivity contribution in [1.82, 2.24) is 0 Å². The van der Waals surface area contributed by atoms with Crippen LogP contribution in [-0.2, 0) is 6.61 Å². The Labute approximate surface area is 250 Å². The van der Waals surface area contributed by atoms with Crippen LogP contribution in [-0.4, -0.2) is 13.1 Å². The predicted octanol–water partition coefficient (Wildman–Crippen LogP) is 5.96. The number of halogens is 1. The SMILES string of the molecule is COc1cc(C2C(C#N)=C(N)Oc3cc(OC(=O)c4cc5ccccc5oc4=O)ccc32)ccc1OCc1ccccc1F. The van der Waals surface area contributed by atoms with Gasteiger partial charge in [0.05, 0.1) is 13.0 Å². The van der Waals surface area contributed by atoms with Gasteiger partial charge >= 0.3 is 11.6 Å². The summed E-state index contributed by atoms with van der Waals surface area (Å²) in [5.74, 6) is -0.993. The van der Waals surface area contributed by atoms with E-state index >= 15 is 0 Å². The van der Waals surface area contributed by atoms with Crippen molar-refractivity contribution in [1.29, 1.82) is 5.26 Å². The lowest BCUT2D eigenvalue weighted by Crippen LogP contribution is -2.22. The number of nitriles is 1. The van der Waals surface area contributed by atoms with Gasteiger partial charge in [-0.3, -0.25) is 0 Å². The average molecular weight is 591 g/mol. The van der Waals surface area contributed by atoms with Gasteiger partial charge in [-0.15, -0.1) is 0 Å². The fourth-order valence-electron chi connectivity index (χ4n) is 4.96. The summed E-state index contributed by atoms with van der Waals surface area (Å²) in [6.07, 6.45) is 0. The number of carbonyl (C=O) groups excluding carboxylic acids is 1. The third-order valence-corrected chi connectivity index (χ3v) is 7.12. The van der Waals surface area contributed by atoms with Crippen molar-refractivity contribution in [3.05, 3.63) is 141 Å². The summed E-state index contributed by atoms with van der Waals surface area (Å²) < 4.78 is 41.9. The zero-order valence-electron chi connectivity index (χ0n) is 23.2. The molecule has 2 heterocycles. The Morgan fingerprint density at radius 2 is 1.80 bits per heavy atom. The highest BCUT2D eigenvalue weighted by Crippen LogP contribution is 2.45. The molecule has 1 aliphatic heterocycles. The Balaban J connectivity index is 1.29. The quantitative estimate of drug-likeness (QED) is 0.138. The number of para-hydroxylation sites is 1. The number of rotatable bonds is 7. The number of hydrogen-bond acceptors (Lipinski definition) is 9. The van der Waals surface area contributed by atoms with E-state index in [0.29, 0.717) is 39.2 Å². The van der Waals surface area contributed by atoms with Crippen LogP contribution in [0.25, 0.3) is 11.0 Å². The van der Waals surface area contributed by atoms with Crippen molar-refractivity contribution in [2.24, 2.45) is 5.73 Å². The van der Waals surface area contributed by atoms with Gasteiger partial charge in [-0.2, -0.15) is 5.26 Å². The molecule has 2 N–H and O–H groups in total. The molecule has 9 nitrogen and oxygen atoms in total. The number of fused-ring (bicyclic) bond motifs is 2. The maximum atomic E-state index is 14.1. The molecule has 0 saturated carbocycles. The first kappa shape index (κ1) is 28.1. The smallest absolute Gasteiger partial charge is 0.351 e. The molecule has 218 valence electrons. The Kier molecular flexibility index (Phi) is 7.43. The van der Waals surface area contributed by atoms with Gasteiger partial charge in [0.2, 0.25) is 5.88 Å². The van der Waals surface area contributed by atoms with Gasteiger partial charge in [0.1, 0.15) is 46.7 Å². The number of benzene rings is 4. The lowest BCUT2D eigenvalue weighted by Gasteiger charge is -2.27. The number of nitrogens with two attached hydrogens (primary N) is 1. The normalized spacial score (nSPS) is 13.9. The molecule has 6 rings (SSSR count). The van der Waals surface area contributed by atoms with E-state index in [9.17, 15) is 19.2 Å². The van der Waals surface area contributed by atoms with Crippen LogP contribution in [0.2, 0.25) is 0 Å². The van der Waals surface area contributed by atoms with Gasteiger partial charge in [0.25, 0.3) is 0 Å².